The van der Waals surface area contributed by atoms with Crippen molar-refractivity contribution in [3.05, 3.63) is 18.3 Å². The summed E-state index contributed by atoms with van der Waals surface area (Å²) in [6, 6.07) is 2.91. The van der Waals surface area contributed by atoms with E-state index in [0.717, 1.165) is 0 Å². The summed E-state index contributed by atoms with van der Waals surface area (Å²) >= 11 is 0. The molecule has 8 heteroatoms. The molecule has 2 heterocycles. The zero-order valence-electron chi connectivity index (χ0n) is 11.2. The van der Waals surface area contributed by atoms with Gasteiger partial charge in [0.1, 0.15) is 10.7 Å². The van der Waals surface area contributed by atoms with Gasteiger partial charge in [0.15, 0.2) is 0 Å². The van der Waals surface area contributed by atoms with Crippen molar-refractivity contribution in [3.63, 3.8) is 0 Å². The number of nitrogens with one attached hydrogen (secondary N) is 1. The van der Waals surface area contributed by atoms with Crippen LogP contribution in [0.4, 0.5) is 5.82 Å². The highest BCUT2D eigenvalue weighted by molar-refractivity contribution is 7.89. The van der Waals surface area contributed by atoms with Crippen LogP contribution in [-0.4, -0.2) is 43.8 Å². The molecule has 1 aliphatic heterocycles. The lowest BCUT2D eigenvalue weighted by molar-refractivity contribution is -0.125. The third-order valence-corrected chi connectivity index (χ3v) is 5.35. The SMILES string of the molecule is CNC(=O)C1CCN(S(=O)(=O)c2ccc(N)nc2)CC1. The monoisotopic (exact) mass is 298 g/mol. The van der Waals surface area contributed by atoms with E-state index in [4.69, 9.17) is 5.73 Å². The molecule has 1 aromatic rings. The average molecular weight is 298 g/mol. The Balaban J connectivity index is 2.09. The molecular weight excluding hydrogens is 280 g/mol. The largest absolute Gasteiger partial charge is 0.384 e. The first kappa shape index (κ1) is 14.7. The standard InChI is InChI=1S/C12H18N4O3S/c1-14-12(17)9-4-6-16(7-5-9)20(18,19)10-2-3-11(13)15-8-10/h2-3,8-9H,4-7H2,1H3,(H2,13,15)(H,14,17). The number of pyridine rings is 1. The van der Waals surface area contributed by atoms with Gasteiger partial charge in [0.2, 0.25) is 15.9 Å². The molecule has 1 aliphatic rings. The van der Waals surface area contributed by atoms with Crippen LogP contribution in [0, 0.1) is 5.92 Å². The first-order valence-corrected chi connectivity index (χ1v) is 7.82. The zero-order chi connectivity index (χ0) is 14.8. The van der Waals surface area contributed by atoms with E-state index in [1.807, 2.05) is 0 Å². The van der Waals surface area contributed by atoms with Gasteiger partial charge in [0.25, 0.3) is 0 Å². The highest BCUT2D eigenvalue weighted by Gasteiger charge is 2.31. The summed E-state index contributed by atoms with van der Waals surface area (Å²) in [7, 11) is -1.96. The summed E-state index contributed by atoms with van der Waals surface area (Å²) < 4.78 is 26.2. The van der Waals surface area contributed by atoms with Crippen molar-refractivity contribution in [3.8, 4) is 0 Å². The van der Waals surface area contributed by atoms with Crippen LogP contribution in [0.2, 0.25) is 0 Å². The fourth-order valence-electron chi connectivity index (χ4n) is 2.26. The highest BCUT2D eigenvalue weighted by Crippen LogP contribution is 2.23. The number of nitrogen functional groups attached to an aromatic ring is 1. The van der Waals surface area contributed by atoms with Crippen LogP contribution in [0.1, 0.15) is 12.8 Å². The second-order valence-electron chi connectivity index (χ2n) is 4.71. The van der Waals surface area contributed by atoms with E-state index in [1.165, 1.54) is 22.6 Å². The van der Waals surface area contributed by atoms with Crippen molar-refractivity contribution in [2.24, 2.45) is 5.92 Å². The Morgan fingerprint density at radius 2 is 2.05 bits per heavy atom. The van der Waals surface area contributed by atoms with E-state index in [0.29, 0.717) is 25.9 Å². The van der Waals surface area contributed by atoms with Gasteiger partial charge < -0.3 is 11.1 Å². The number of amides is 1. The Hall–Kier alpha value is -1.67. The lowest BCUT2D eigenvalue weighted by Crippen LogP contribution is -2.42. The minimum absolute atomic E-state index is 0.0313. The van der Waals surface area contributed by atoms with Crippen molar-refractivity contribution in [1.29, 1.82) is 0 Å². The van der Waals surface area contributed by atoms with Crippen molar-refractivity contribution < 1.29 is 13.2 Å². The van der Waals surface area contributed by atoms with E-state index < -0.39 is 10.0 Å². The summed E-state index contributed by atoms with van der Waals surface area (Å²) in [5.74, 6) is 0.134. The number of rotatable bonds is 3. The number of sulfonamides is 1. The fourth-order valence-corrected chi connectivity index (χ4v) is 3.67. The van der Waals surface area contributed by atoms with Crippen LogP contribution >= 0.6 is 0 Å². The minimum atomic E-state index is -3.55. The molecule has 1 aromatic heterocycles. The zero-order valence-corrected chi connectivity index (χ0v) is 12.1. The number of piperidine rings is 1. The molecule has 0 spiro atoms. The molecule has 20 heavy (non-hydrogen) atoms. The minimum Gasteiger partial charge on any atom is -0.384 e. The van der Waals surface area contributed by atoms with Crippen LogP contribution in [0.3, 0.4) is 0 Å². The summed E-state index contributed by atoms with van der Waals surface area (Å²) in [6.07, 6.45) is 2.32. The van der Waals surface area contributed by atoms with Gasteiger partial charge in [-0.2, -0.15) is 4.31 Å². The molecule has 2 rings (SSSR count). The predicted octanol–water partition coefficient (Wildman–Crippen LogP) is -0.189. The second-order valence-corrected chi connectivity index (χ2v) is 6.65. The Morgan fingerprint density at radius 1 is 1.40 bits per heavy atom. The normalized spacial score (nSPS) is 17.9. The molecule has 1 amide bonds. The molecule has 0 bridgehead atoms. The number of aromatic nitrogens is 1. The maximum absolute atomic E-state index is 12.4. The topological polar surface area (TPSA) is 105 Å². The number of hydrogen-bond donors (Lipinski definition) is 2. The molecular formula is C12H18N4O3S. The molecule has 0 unspecified atom stereocenters. The molecule has 1 saturated heterocycles. The molecule has 0 aromatic carbocycles. The number of hydrogen-bond acceptors (Lipinski definition) is 5. The molecule has 3 N–H and O–H groups in total. The Bertz CT molecular complexity index is 577. The van der Waals surface area contributed by atoms with E-state index in [2.05, 4.69) is 10.3 Å². The van der Waals surface area contributed by atoms with E-state index in [-0.39, 0.29) is 22.5 Å². The molecule has 110 valence electrons. The van der Waals surface area contributed by atoms with Gasteiger partial charge in [-0.1, -0.05) is 0 Å². The summed E-state index contributed by atoms with van der Waals surface area (Å²) in [5, 5.41) is 2.60. The molecule has 0 atom stereocenters. The van der Waals surface area contributed by atoms with Crippen molar-refractivity contribution in [2.45, 2.75) is 17.7 Å². The first-order chi connectivity index (χ1) is 9.45. The number of nitrogens with two attached hydrogens (primary N) is 1. The second kappa shape index (κ2) is 5.76. The Labute approximate surface area is 118 Å². The summed E-state index contributed by atoms with van der Waals surface area (Å²) in [5.41, 5.74) is 5.45. The van der Waals surface area contributed by atoms with E-state index >= 15 is 0 Å². The van der Waals surface area contributed by atoms with Gasteiger partial charge in [-0.05, 0) is 25.0 Å². The van der Waals surface area contributed by atoms with E-state index in [9.17, 15) is 13.2 Å². The Morgan fingerprint density at radius 3 is 2.55 bits per heavy atom. The van der Waals surface area contributed by atoms with Gasteiger partial charge in [0, 0.05) is 32.3 Å². The third kappa shape index (κ3) is 2.91. The fraction of sp³-hybridized carbons (Fsp3) is 0.500. The van der Waals surface area contributed by atoms with Crippen LogP contribution in [0.15, 0.2) is 23.2 Å². The quantitative estimate of drug-likeness (QED) is 0.804. The number of anilines is 1. The molecule has 1 fully saturated rings. The first-order valence-electron chi connectivity index (χ1n) is 6.38. The van der Waals surface area contributed by atoms with Crippen LogP contribution in [0.5, 0.6) is 0 Å². The molecule has 0 radical (unpaired) electrons. The van der Waals surface area contributed by atoms with Gasteiger partial charge in [-0.15, -0.1) is 0 Å². The van der Waals surface area contributed by atoms with Gasteiger partial charge in [-0.25, -0.2) is 13.4 Å². The summed E-state index contributed by atoms with van der Waals surface area (Å²) in [4.78, 5) is 15.5. The third-order valence-electron chi connectivity index (χ3n) is 3.47. The summed E-state index contributed by atoms with van der Waals surface area (Å²) in [6.45, 7) is 0.676. The number of carbonyl (C=O) groups excluding carboxylic acids is 1. The maximum Gasteiger partial charge on any atom is 0.244 e. The van der Waals surface area contributed by atoms with Crippen LogP contribution in [0.25, 0.3) is 0 Å². The smallest absolute Gasteiger partial charge is 0.244 e. The molecule has 7 nitrogen and oxygen atoms in total. The lowest BCUT2D eigenvalue weighted by atomic mass is 9.97. The lowest BCUT2D eigenvalue weighted by Gasteiger charge is -2.30. The molecule has 0 saturated carbocycles. The van der Waals surface area contributed by atoms with Crippen LogP contribution < -0.4 is 11.1 Å². The highest BCUT2D eigenvalue weighted by atomic mass is 32.2. The van der Waals surface area contributed by atoms with E-state index in [1.54, 1.807) is 7.05 Å². The van der Waals surface area contributed by atoms with Gasteiger partial charge in [-0.3, -0.25) is 4.79 Å². The average Bonchev–Trinajstić information content (AvgIpc) is 2.47. The van der Waals surface area contributed by atoms with Crippen LogP contribution in [-0.2, 0) is 14.8 Å². The van der Waals surface area contributed by atoms with Gasteiger partial charge in [0.05, 0.1) is 0 Å². The predicted molar refractivity (Wildman–Crippen MR) is 74.2 cm³/mol. The molecule has 0 aliphatic carbocycles. The Kier molecular flexibility index (Phi) is 4.24. The van der Waals surface area contributed by atoms with Crippen molar-refractivity contribution in [1.82, 2.24) is 14.6 Å². The van der Waals surface area contributed by atoms with Gasteiger partial charge >= 0.3 is 0 Å². The number of nitrogens with zero attached hydrogens (tertiary/aromatic N) is 2. The van der Waals surface area contributed by atoms with Crippen molar-refractivity contribution in [2.75, 3.05) is 25.9 Å². The maximum atomic E-state index is 12.4. The number of carbonyl (C=O) groups is 1. The van der Waals surface area contributed by atoms with Crippen molar-refractivity contribution >= 4 is 21.7 Å².